The summed E-state index contributed by atoms with van der Waals surface area (Å²) in [5, 5.41) is 9.53. The summed E-state index contributed by atoms with van der Waals surface area (Å²) in [6.07, 6.45) is 0. The normalized spacial score (nSPS) is 16.9. The van der Waals surface area contributed by atoms with Gasteiger partial charge in [-0.05, 0) is 37.1 Å². The molecule has 10 heteroatoms. The molecule has 2 aromatic rings. The number of carboxylic acids is 1. The van der Waals surface area contributed by atoms with Crippen molar-refractivity contribution in [3.05, 3.63) is 70.7 Å². The van der Waals surface area contributed by atoms with E-state index >= 15 is 0 Å². The molecule has 0 spiro atoms. The second kappa shape index (κ2) is 14.2. The standard InChI is InChI=1S/C27H36ClN3O5S/c1-27(2,25(29)26(33)34)37-23(32)18-35-16-17-36-19-30-12-14-31(15-13-30)24(20-6-4-3-5-7-20)21-8-10-22(28)11-9-21/h3-11,24-25H,12-19,29H2,1-2H3,(H,33,34). The van der Waals surface area contributed by atoms with Gasteiger partial charge in [-0.25, -0.2) is 0 Å². The smallest absolute Gasteiger partial charge is 0.321 e. The summed E-state index contributed by atoms with van der Waals surface area (Å²) in [5.41, 5.74) is 8.13. The second-order valence-corrected chi connectivity index (χ2v) is 11.7. The Kier molecular flexibility index (Phi) is 11.4. The number of nitrogens with two attached hydrogens (primary N) is 1. The minimum atomic E-state index is -1.14. The van der Waals surface area contributed by atoms with Crippen molar-refractivity contribution < 1.29 is 24.2 Å². The largest absolute Gasteiger partial charge is 0.480 e. The Bertz CT molecular complexity index is 1000. The zero-order valence-electron chi connectivity index (χ0n) is 21.3. The Hall–Kier alpha value is -1.98. The predicted molar refractivity (Wildman–Crippen MR) is 147 cm³/mol. The van der Waals surface area contributed by atoms with Crippen molar-refractivity contribution in [2.24, 2.45) is 5.73 Å². The molecule has 1 fully saturated rings. The van der Waals surface area contributed by atoms with Gasteiger partial charge < -0.3 is 20.3 Å². The van der Waals surface area contributed by atoms with Gasteiger partial charge in [-0.2, -0.15) is 0 Å². The van der Waals surface area contributed by atoms with Crippen molar-refractivity contribution in [1.29, 1.82) is 0 Å². The summed E-state index contributed by atoms with van der Waals surface area (Å²) in [5.74, 6) is -1.14. The number of piperazine rings is 1. The highest BCUT2D eigenvalue weighted by Gasteiger charge is 2.35. The second-order valence-electron chi connectivity index (χ2n) is 9.50. The van der Waals surface area contributed by atoms with Gasteiger partial charge in [0.1, 0.15) is 12.6 Å². The van der Waals surface area contributed by atoms with Crippen molar-refractivity contribution >= 4 is 34.4 Å². The fourth-order valence-electron chi connectivity index (χ4n) is 4.20. The summed E-state index contributed by atoms with van der Waals surface area (Å²) in [7, 11) is 0. The van der Waals surface area contributed by atoms with Crippen LogP contribution in [0.2, 0.25) is 5.02 Å². The van der Waals surface area contributed by atoms with Gasteiger partial charge in [-0.15, -0.1) is 0 Å². The molecule has 0 radical (unpaired) electrons. The van der Waals surface area contributed by atoms with E-state index in [1.54, 1.807) is 13.8 Å². The molecule has 2 unspecified atom stereocenters. The zero-order chi connectivity index (χ0) is 26.8. The van der Waals surface area contributed by atoms with Gasteiger partial charge >= 0.3 is 5.97 Å². The van der Waals surface area contributed by atoms with E-state index in [-0.39, 0.29) is 24.4 Å². The number of hydrogen-bond acceptors (Lipinski definition) is 8. The van der Waals surface area contributed by atoms with Crippen LogP contribution >= 0.6 is 23.4 Å². The topological polar surface area (TPSA) is 105 Å². The molecule has 0 aliphatic carbocycles. The number of carbonyl (C=O) groups is 2. The van der Waals surface area contributed by atoms with Crippen LogP contribution in [0.25, 0.3) is 0 Å². The van der Waals surface area contributed by atoms with Gasteiger partial charge in [-0.1, -0.05) is 65.8 Å². The molecule has 8 nitrogen and oxygen atoms in total. The lowest BCUT2D eigenvalue weighted by molar-refractivity contribution is -0.139. The molecular formula is C27H36ClN3O5S. The van der Waals surface area contributed by atoms with Gasteiger partial charge in [0.2, 0.25) is 5.12 Å². The molecular weight excluding hydrogens is 514 g/mol. The fourth-order valence-corrected chi connectivity index (χ4v) is 5.28. The van der Waals surface area contributed by atoms with Crippen molar-refractivity contribution in [2.75, 3.05) is 52.7 Å². The van der Waals surface area contributed by atoms with Gasteiger partial charge in [0.25, 0.3) is 0 Å². The molecule has 3 rings (SSSR count). The highest BCUT2D eigenvalue weighted by atomic mass is 35.5. The molecule has 37 heavy (non-hydrogen) atoms. The first-order valence-corrected chi connectivity index (χ1v) is 13.5. The van der Waals surface area contributed by atoms with Crippen LogP contribution < -0.4 is 5.73 Å². The number of rotatable bonds is 13. The van der Waals surface area contributed by atoms with Gasteiger partial charge in [-0.3, -0.25) is 19.4 Å². The quantitative estimate of drug-likeness (QED) is 0.363. The molecule has 2 aromatic carbocycles. The van der Waals surface area contributed by atoms with E-state index in [0.29, 0.717) is 13.3 Å². The molecule has 1 aliphatic rings. The van der Waals surface area contributed by atoms with Gasteiger partial charge in [0, 0.05) is 35.9 Å². The number of carbonyl (C=O) groups excluding carboxylic acids is 1. The summed E-state index contributed by atoms with van der Waals surface area (Å²) < 4.78 is 10.2. The van der Waals surface area contributed by atoms with Crippen LogP contribution in [0.5, 0.6) is 0 Å². The average molecular weight is 550 g/mol. The lowest BCUT2D eigenvalue weighted by atomic mass is 9.96. The van der Waals surface area contributed by atoms with Crippen LogP contribution in [0.15, 0.2) is 54.6 Å². The molecule has 0 saturated carbocycles. The maximum Gasteiger partial charge on any atom is 0.321 e. The Morgan fingerprint density at radius 3 is 2.22 bits per heavy atom. The van der Waals surface area contributed by atoms with E-state index in [4.69, 9.17) is 31.9 Å². The molecule has 0 aromatic heterocycles. The van der Waals surface area contributed by atoms with Crippen LogP contribution in [0.1, 0.15) is 31.0 Å². The third kappa shape index (κ3) is 9.07. The number of nitrogens with zero attached hydrogens (tertiary/aromatic N) is 2. The van der Waals surface area contributed by atoms with Crippen molar-refractivity contribution in [1.82, 2.24) is 9.80 Å². The molecule has 3 N–H and O–H groups in total. The average Bonchev–Trinajstić information content (AvgIpc) is 2.88. The van der Waals surface area contributed by atoms with Crippen molar-refractivity contribution in [2.45, 2.75) is 30.7 Å². The van der Waals surface area contributed by atoms with Crippen molar-refractivity contribution in [3.8, 4) is 0 Å². The summed E-state index contributed by atoms with van der Waals surface area (Å²) in [4.78, 5) is 27.9. The molecule has 202 valence electrons. The molecule has 2 atom stereocenters. The Balaban J connectivity index is 1.38. The molecule has 0 bridgehead atoms. The van der Waals surface area contributed by atoms with Crippen LogP contribution in [-0.2, 0) is 19.1 Å². The lowest BCUT2D eigenvalue weighted by Gasteiger charge is -2.39. The van der Waals surface area contributed by atoms with Crippen LogP contribution in [0.3, 0.4) is 0 Å². The number of thioether (sulfide) groups is 1. The first kappa shape index (κ1) is 29.6. The van der Waals surface area contributed by atoms with Crippen LogP contribution in [-0.4, -0.2) is 89.5 Å². The maximum absolute atomic E-state index is 12.1. The van der Waals surface area contributed by atoms with E-state index in [1.807, 2.05) is 18.2 Å². The number of aliphatic carboxylic acids is 1. The zero-order valence-corrected chi connectivity index (χ0v) is 22.9. The summed E-state index contributed by atoms with van der Waals surface area (Å²) in [6.45, 7) is 7.87. The van der Waals surface area contributed by atoms with E-state index in [0.717, 1.165) is 43.0 Å². The van der Waals surface area contributed by atoms with Crippen LogP contribution in [0, 0.1) is 0 Å². The van der Waals surface area contributed by atoms with Crippen LogP contribution in [0.4, 0.5) is 0 Å². The van der Waals surface area contributed by atoms with Gasteiger partial charge in [0.15, 0.2) is 0 Å². The minimum Gasteiger partial charge on any atom is -0.480 e. The third-order valence-electron chi connectivity index (χ3n) is 6.33. The Morgan fingerprint density at radius 1 is 1.00 bits per heavy atom. The Labute approximate surface area is 228 Å². The minimum absolute atomic E-state index is 0.117. The monoisotopic (exact) mass is 549 g/mol. The molecule has 1 saturated heterocycles. The number of carboxylic acid groups (broad SMARTS) is 1. The molecule has 1 aliphatic heterocycles. The summed E-state index contributed by atoms with van der Waals surface area (Å²) >= 11 is 7.02. The first-order chi connectivity index (χ1) is 17.7. The van der Waals surface area contributed by atoms with Gasteiger partial charge in [0.05, 0.1) is 26.0 Å². The number of halogens is 1. The number of hydrogen-bond donors (Lipinski definition) is 2. The van der Waals surface area contributed by atoms with E-state index in [1.165, 1.54) is 11.1 Å². The number of ether oxygens (including phenoxy) is 2. The SMILES string of the molecule is CC(C)(SC(=O)COCCOCN1CCN(C(c2ccccc2)c2ccc(Cl)cc2)CC1)C(N)C(=O)O. The Morgan fingerprint density at radius 2 is 1.59 bits per heavy atom. The molecule has 0 amide bonds. The predicted octanol–water partition coefficient (Wildman–Crippen LogP) is 3.49. The van der Waals surface area contributed by atoms with E-state index in [2.05, 4.69) is 46.2 Å². The maximum atomic E-state index is 12.1. The van der Waals surface area contributed by atoms with E-state index < -0.39 is 16.8 Å². The highest BCUT2D eigenvalue weighted by molar-refractivity contribution is 8.14. The highest BCUT2D eigenvalue weighted by Crippen LogP contribution is 2.30. The van der Waals surface area contributed by atoms with E-state index in [9.17, 15) is 9.59 Å². The molecule has 1 heterocycles. The van der Waals surface area contributed by atoms with Crippen molar-refractivity contribution in [3.63, 3.8) is 0 Å². The number of benzene rings is 2. The lowest BCUT2D eigenvalue weighted by Crippen LogP contribution is -2.48. The fraction of sp³-hybridized carbons (Fsp3) is 0.481. The summed E-state index contributed by atoms with van der Waals surface area (Å²) in [6, 6.07) is 17.6. The first-order valence-electron chi connectivity index (χ1n) is 12.3. The third-order valence-corrected chi connectivity index (χ3v) is 7.71.